The zero-order valence-electron chi connectivity index (χ0n) is 12.5. The summed E-state index contributed by atoms with van der Waals surface area (Å²) in [4.78, 5) is 24.2. The van der Waals surface area contributed by atoms with Crippen molar-refractivity contribution in [3.63, 3.8) is 0 Å². The molecule has 2 rings (SSSR count). The fourth-order valence-electron chi connectivity index (χ4n) is 2.73. The van der Waals surface area contributed by atoms with Gasteiger partial charge in [0.1, 0.15) is 5.75 Å². The molecule has 3 atom stereocenters. The average Bonchev–Trinajstić information content (AvgIpc) is 2.50. The largest absolute Gasteiger partial charge is 0.508 e. The molecule has 1 aliphatic carbocycles. The molecule has 6 heteroatoms. The highest BCUT2D eigenvalue weighted by Gasteiger charge is 2.38. The number of amides is 1. The first-order valence-corrected chi connectivity index (χ1v) is 7.47. The molecule has 1 aliphatic rings. The molecule has 0 saturated heterocycles. The van der Waals surface area contributed by atoms with E-state index >= 15 is 0 Å². The summed E-state index contributed by atoms with van der Waals surface area (Å²) in [6, 6.07) is 5.14. The van der Waals surface area contributed by atoms with Crippen LogP contribution < -0.4 is 5.32 Å². The topological polar surface area (TPSA) is 95.9 Å². The molecule has 0 radical (unpaired) electrons. The monoisotopic (exact) mass is 307 g/mol. The van der Waals surface area contributed by atoms with E-state index < -0.39 is 24.0 Å². The van der Waals surface area contributed by atoms with Gasteiger partial charge in [-0.1, -0.05) is 0 Å². The van der Waals surface area contributed by atoms with Crippen molar-refractivity contribution in [1.82, 2.24) is 5.32 Å². The number of benzene rings is 1. The van der Waals surface area contributed by atoms with Gasteiger partial charge in [0.05, 0.1) is 24.7 Å². The van der Waals surface area contributed by atoms with Crippen LogP contribution in [0, 0.1) is 5.92 Å². The molecule has 0 aliphatic heterocycles. The molecule has 22 heavy (non-hydrogen) atoms. The molecular weight excluding hydrogens is 286 g/mol. The molecule has 0 heterocycles. The summed E-state index contributed by atoms with van der Waals surface area (Å²) in [6.45, 7) is 1.99. The Bertz CT molecular complexity index is 528. The summed E-state index contributed by atoms with van der Waals surface area (Å²) in [5, 5.41) is 22.1. The Kier molecular flexibility index (Phi) is 5.38. The van der Waals surface area contributed by atoms with Crippen LogP contribution in [0.4, 0.5) is 0 Å². The van der Waals surface area contributed by atoms with Gasteiger partial charge in [-0.25, -0.2) is 0 Å². The summed E-state index contributed by atoms with van der Waals surface area (Å²) >= 11 is 0. The third-order valence-electron chi connectivity index (χ3n) is 3.88. The number of phenols is 1. The molecule has 3 N–H and O–H groups in total. The molecule has 1 aromatic rings. The summed E-state index contributed by atoms with van der Waals surface area (Å²) in [7, 11) is 0. The van der Waals surface area contributed by atoms with Crippen LogP contribution >= 0.6 is 0 Å². The van der Waals surface area contributed by atoms with Crippen LogP contribution in [-0.2, 0) is 9.53 Å². The fraction of sp³-hybridized carbons (Fsp3) is 0.500. The van der Waals surface area contributed by atoms with E-state index in [0.29, 0.717) is 18.4 Å². The molecule has 0 bridgehead atoms. The minimum Gasteiger partial charge on any atom is -0.508 e. The summed E-state index contributed by atoms with van der Waals surface area (Å²) in [6.07, 6.45) is 1.06. The van der Waals surface area contributed by atoms with Crippen LogP contribution in [0.3, 0.4) is 0 Å². The maximum Gasteiger partial charge on any atom is 0.311 e. The van der Waals surface area contributed by atoms with E-state index in [1.807, 2.05) is 0 Å². The third-order valence-corrected chi connectivity index (χ3v) is 3.88. The van der Waals surface area contributed by atoms with Gasteiger partial charge in [-0.15, -0.1) is 0 Å². The van der Waals surface area contributed by atoms with E-state index in [1.165, 1.54) is 24.3 Å². The van der Waals surface area contributed by atoms with Crippen LogP contribution in [0.2, 0.25) is 0 Å². The van der Waals surface area contributed by atoms with Crippen molar-refractivity contribution < 1.29 is 24.5 Å². The highest BCUT2D eigenvalue weighted by Crippen LogP contribution is 2.26. The Morgan fingerprint density at radius 1 is 1.27 bits per heavy atom. The average molecular weight is 307 g/mol. The zero-order valence-corrected chi connectivity index (χ0v) is 12.5. The summed E-state index contributed by atoms with van der Waals surface area (Å²) in [5.41, 5.74) is 0.359. The maximum absolute atomic E-state index is 12.2. The highest BCUT2D eigenvalue weighted by molar-refractivity contribution is 5.94. The first-order chi connectivity index (χ1) is 10.5. The Hall–Kier alpha value is -2.08. The standard InChI is InChI=1S/C16H21NO5/c1-2-22-16(21)12-4-3-5-13(19)14(12)17-15(20)10-6-8-11(18)9-7-10/h6-9,12-14,18-19H,2-5H2,1H3,(H,17,20)/t12-,13?,14?/m0/s1. The van der Waals surface area contributed by atoms with Gasteiger partial charge in [-0.05, 0) is 50.5 Å². The minimum absolute atomic E-state index is 0.0682. The van der Waals surface area contributed by atoms with Gasteiger partial charge in [0, 0.05) is 5.56 Å². The summed E-state index contributed by atoms with van der Waals surface area (Å²) < 4.78 is 5.03. The van der Waals surface area contributed by atoms with Gasteiger partial charge in [0.15, 0.2) is 0 Å². The normalized spacial score (nSPS) is 24.5. The highest BCUT2D eigenvalue weighted by atomic mass is 16.5. The third kappa shape index (κ3) is 3.76. The van der Waals surface area contributed by atoms with E-state index in [4.69, 9.17) is 4.74 Å². The van der Waals surface area contributed by atoms with Crippen molar-refractivity contribution in [3.8, 4) is 5.75 Å². The Morgan fingerprint density at radius 3 is 2.59 bits per heavy atom. The van der Waals surface area contributed by atoms with E-state index in [-0.39, 0.29) is 18.3 Å². The first-order valence-electron chi connectivity index (χ1n) is 7.47. The molecule has 120 valence electrons. The lowest BCUT2D eigenvalue weighted by Gasteiger charge is -2.34. The lowest BCUT2D eigenvalue weighted by atomic mass is 9.82. The van der Waals surface area contributed by atoms with Gasteiger partial charge in [-0.3, -0.25) is 9.59 Å². The molecule has 0 aromatic heterocycles. The number of rotatable bonds is 4. The number of aliphatic hydroxyl groups excluding tert-OH is 1. The Morgan fingerprint density at radius 2 is 1.95 bits per heavy atom. The molecule has 1 fully saturated rings. The van der Waals surface area contributed by atoms with Crippen LogP contribution in [0.15, 0.2) is 24.3 Å². The number of carbonyl (C=O) groups excluding carboxylic acids is 2. The SMILES string of the molecule is CCOC(=O)[C@H]1CCCC(O)C1NC(=O)c1ccc(O)cc1. The van der Waals surface area contributed by atoms with Crippen molar-refractivity contribution in [3.05, 3.63) is 29.8 Å². The quantitative estimate of drug-likeness (QED) is 0.727. The molecule has 0 spiro atoms. The molecule has 1 saturated carbocycles. The number of aromatic hydroxyl groups is 1. The van der Waals surface area contributed by atoms with E-state index in [1.54, 1.807) is 6.92 Å². The number of ether oxygens (including phenoxy) is 1. The molecule has 6 nitrogen and oxygen atoms in total. The first kappa shape index (κ1) is 16.3. The Labute approximate surface area is 129 Å². The van der Waals surface area contributed by atoms with Gasteiger partial charge in [-0.2, -0.15) is 0 Å². The minimum atomic E-state index is -0.774. The lowest BCUT2D eigenvalue weighted by molar-refractivity contribution is -0.151. The Balaban J connectivity index is 2.10. The fourth-order valence-corrected chi connectivity index (χ4v) is 2.73. The number of nitrogens with one attached hydrogen (secondary N) is 1. The van der Waals surface area contributed by atoms with Crippen molar-refractivity contribution in [1.29, 1.82) is 0 Å². The number of esters is 1. The predicted octanol–water partition coefficient (Wildman–Crippen LogP) is 1.21. The van der Waals surface area contributed by atoms with Crippen LogP contribution in [-0.4, -0.2) is 40.8 Å². The number of hydrogen-bond acceptors (Lipinski definition) is 5. The number of aliphatic hydroxyl groups is 1. The van der Waals surface area contributed by atoms with E-state index in [9.17, 15) is 19.8 Å². The van der Waals surface area contributed by atoms with Crippen molar-refractivity contribution in [2.75, 3.05) is 6.61 Å². The number of phenolic OH excluding ortho intramolecular Hbond substituents is 1. The second-order valence-corrected chi connectivity index (χ2v) is 5.40. The van der Waals surface area contributed by atoms with Gasteiger partial charge in [0.25, 0.3) is 5.91 Å². The van der Waals surface area contributed by atoms with Gasteiger partial charge in [0.2, 0.25) is 0 Å². The summed E-state index contributed by atoms with van der Waals surface area (Å²) in [5.74, 6) is -1.25. The number of hydrogen-bond donors (Lipinski definition) is 3. The predicted molar refractivity (Wildman–Crippen MR) is 79.3 cm³/mol. The number of carbonyl (C=O) groups is 2. The molecule has 2 unspecified atom stereocenters. The van der Waals surface area contributed by atoms with Crippen LogP contribution in [0.1, 0.15) is 36.5 Å². The lowest BCUT2D eigenvalue weighted by Crippen LogP contribution is -2.53. The van der Waals surface area contributed by atoms with E-state index in [0.717, 1.165) is 6.42 Å². The zero-order chi connectivity index (χ0) is 16.1. The van der Waals surface area contributed by atoms with Crippen LogP contribution in [0.25, 0.3) is 0 Å². The van der Waals surface area contributed by atoms with Crippen molar-refractivity contribution in [2.45, 2.75) is 38.3 Å². The van der Waals surface area contributed by atoms with Gasteiger partial charge < -0.3 is 20.3 Å². The second-order valence-electron chi connectivity index (χ2n) is 5.40. The second kappa shape index (κ2) is 7.26. The molecule has 1 amide bonds. The maximum atomic E-state index is 12.2. The van der Waals surface area contributed by atoms with Crippen LogP contribution in [0.5, 0.6) is 5.75 Å². The molecule has 1 aromatic carbocycles. The molecular formula is C16H21NO5. The van der Waals surface area contributed by atoms with Crippen molar-refractivity contribution in [2.24, 2.45) is 5.92 Å². The van der Waals surface area contributed by atoms with E-state index in [2.05, 4.69) is 5.32 Å². The van der Waals surface area contributed by atoms with Crippen molar-refractivity contribution >= 4 is 11.9 Å². The smallest absolute Gasteiger partial charge is 0.311 e. The van der Waals surface area contributed by atoms with Gasteiger partial charge >= 0.3 is 5.97 Å².